The summed E-state index contributed by atoms with van der Waals surface area (Å²) in [5.41, 5.74) is 2.18. The highest BCUT2D eigenvalue weighted by atomic mass is 32.2. The summed E-state index contributed by atoms with van der Waals surface area (Å²) in [5.74, 6) is -0.426. The molecule has 0 radical (unpaired) electrons. The summed E-state index contributed by atoms with van der Waals surface area (Å²) >= 11 is 0. The van der Waals surface area contributed by atoms with Crippen molar-refractivity contribution in [3.63, 3.8) is 0 Å². The van der Waals surface area contributed by atoms with Gasteiger partial charge in [-0.2, -0.15) is 0 Å². The molecule has 2 aromatic rings. The summed E-state index contributed by atoms with van der Waals surface area (Å²) in [6, 6.07) is 13.5. The minimum absolute atomic E-state index is 0.179. The largest absolute Gasteiger partial charge is 0.495 e. The van der Waals surface area contributed by atoms with Gasteiger partial charge in [-0.25, -0.2) is 8.42 Å². The summed E-state index contributed by atoms with van der Waals surface area (Å²) in [5, 5.41) is 2.78. The molecule has 0 aliphatic heterocycles. The zero-order valence-corrected chi connectivity index (χ0v) is 20.7. The Morgan fingerprint density at radius 1 is 1.06 bits per heavy atom. The van der Waals surface area contributed by atoms with Crippen molar-refractivity contribution in [2.24, 2.45) is 0 Å². The smallest absolute Gasteiger partial charge is 0.244 e. The number of likely N-dealkylation sites (N-methyl/N-ethyl adjacent to an activating group) is 1. The molecule has 9 heteroatoms. The molecule has 2 rings (SSSR count). The van der Waals surface area contributed by atoms with E-state index < -0.39 is 28.5 Å². The maximum atomic E-state index is 13.6. The number of para-hydroxylation sites is 2. The van der Waals surface area contributed by atoms with E-state index in [4.69, 9.17) is 4.74 Å². The monoisotopic (exact) mass is 475 g/mol. The highest BCUT2D eigenvalue weighted by molar-refractivity contribution is 7.92. The first-order valence-electron chi connectivity index (χ1n) is 10.9. The van der Waals surface area contributed by atoms with Crippen LogP contribution in [0.2, 0.25) is 0 Å². The molecule has 0 saturated carbocycles. The predicted molar refractivity (Wildman–Crippen MR) is 130 cm³/mol. The molecular formula is C24H33N3O5S. The Bertz CT molecular complexity index is 1050. The second-order valence-corrected chi connectivity index (χ2v) is 9.67. The lowest BCUT2D eigenvalue weighted by Crippen LogP contribution is -2.52. The van der Waals surface area contributed by atoms with Crippen molar-refractivity contribution in [2.45, 2.75) is 39.8 Å². The van der Waals surface area contributed by atoms with Gasteiger partial charge in [-0.15, -0.1) is 0 Å². The zero-order chi connectivity index (χ0) is 24.6. The van der Waals surface area contributed by atoms with Crippen LogP contribution < -0.4 is 14.4 Å². The maximum absolute atomic E-state index is 13.6. The highest BCUT2D eigenvalue weighted by Gasteiger charge is 2.32. The minimum Gasteiger partial charge on any atom is -0.495 e. The molecule has 0 spiro atoms. The normalized spacial score (nSPS) is 12.0. The maximum Gasteiger partial charge on any atom is 0.244 e. The van der Waals surface area contributed by atoms with Gasteiger partial charge in [-0.1, -0.05) is 48.9 Å². The van der Waals surface area contributed by atoms with E-state index in [1.807, 2.05) is 45.0 Å². The Labute approximate surface area is 196 Å². The molecule has 0 heterocycles. The van der Waals surface area contributed by atoms with Crippen molar-refractivity contribution in [1.29, 1.82) is 0 Å². The van der Waals surface area contributed by atoms with Crippen molar-refractivity contribution in [3.8, 4) is 5.75 Å². The summed E-state index contributed by atoms with van der Waals surface area (Å²) < 4.78 is 31.6. The molecule has 1 unspecified atom stereocenters. The van der Waals surface area contributed by atoms with E-state index in [-0.39, 0.29) is 18.1 Å². The lowest BCUT2D eigenvalue weighted by atomic mass is 10.1. The summed E-state index contributed by atoms with van der Waals surface area (Å²) in [6.07, 6.45) is 1.43. The Hall–Kier alpha value is -3.07. The number of ether oxygens (including phenoxy) is 1. The van der Waals surface area contributed by atoms with E-state index in [0.717, 1.165) is 21.7 Å². The lowest BCUT2D eigenvalue weighted by Gasteiger charge is -2.33. The molecule has 180 valence electrons. The number of carbonyl (C=O) groups is 2. The molecule has 1 atom stereocenters. The summed E-state index contributed by atoms with van der Waals surface area (Å²) in [7, 11) is -2.38. The van der Waals surface area contributed by atoms with Crippen molar-refractivity contribution in [2.75, 3.05) is 30.8 Å². The second-order valence-electron chi connectivity index (χ2n) is 7.77. The Morgan fingerprint density at radius 3 is 2.24 bits per heavy atom. The number of hydrogen-bond acceptors (Lipinski definition) is 5. The topological polar surface area (TPSA) is 96.0 Å². The van der Waals surface area contributed by atoms with E-state index in [2.05, 4.69) is 5.32 Å². The Kier molecular flexibility index (Phi) is 9.28. The molecule has 0 saturated heterocycles. The van der Waals surface area contributed by atoms with Crippen molar-refractivity contribution >= 4 is 27.5 Å². The van der Waals surface area contributed by atoms with Crippen molar-refractivity contribution < 1.29 is 22.7 Å². The van der Waals surface area contributed by atoms with Gasteiger partial charge in [0.1, 0.15) is 18.3 Å². The molecule has 0 fully saturated rings. The molecule has 2 aromatic carbocycles. The van der Waals surface area contributed by atoms with Gasteiger partial charge >= 0.3 is 0 Å². The highest BCUT2D eigenvalue weighted by Crippen LogP contribution is 2.29. The number of nitrogens with one attached hydrogen (secondary N) is 1. The molecule has 1 N–H and O–H groups in total. The number of carbonyl (C=O) groups excluding carboxylic acids is 2. The van der Waals surface area contributed by atoms with Gasteiger partial charge in [0, 0.05) is 13.1 Å². The SMILES string of the molecule is CCNC(=O)C(CC)N(Cc1ccc(C)cc1)C(=O)CN(c1ccccc1OC)S(C)(=O)=O. The van der Waals surface area contributed by atoms with E-state index in [1.165, 1.54) is 12.0 Å². The van der Waals surface area contributed by atoms with Crippen LogP contribution in [-0.4, -0.2) is 57.6 Å². The van der Waals surface area contributed by atoms with Crippen molar-refractivity contribution in [3.05, 3.63) is 59.7 Å². The number of hydrogen-bond donors (Lipinski definition) is 1. The van der Waals surface area contributed by atoms with Gasteiger partial charge in [-0.3, -0.25) is 13.9 Å². The number of methoxy groups -OCH3 is 1. The van der Waals surface area contributed by atoms with Crippen LogP contribution in [-0.2, 0) is 26.2 Å². The van der Waals surface area contributed by atoms with Gasteiger partial charge in [0.2, 0.25) is 21.8 Å². The van der Waals surface area contributed by atoms with Crippen molar-refractivity contribution in [1.82, 2.24) is 10.2 Å². The van der Waals surface area contributed by atoms with E-state index in [9.17, 15) is 18.0 Å². The average Bonchev–Trinajstić information content (AvgIpc) is 2.78. The van der Waals surface area contributed by atoms with E-state index >= 15 is 0 Å². The van der Waals surface area contributed by atoms with Crippen LogP contribution in [0.3, 0.4) is 0 Å². The number of sulfonamides is 1. The third-order valence-electron chi connectivity index (χ3n) is 5.24. The van der Waals surface area contributed by atoms with Crippen LogP contribution in [0.25, 0.3) is 0 Å². The van der Waals surface area contributed by atoms with Gasteiger partial charge in [0.15, 0.2) is 0 Å². The first-order valence-corrected chi connectivity index (χ1v) is 12.7. The van der Waals surface area contributed by atoms with E-state index in [1.54, 1.807) is 24.3 Å². The fraction of sp³-hybridized carbons (Fsp3) is 0.417. The first kappa shape index (κ1) is 26.2. The van der Waals surface area contributed by atoms with Crippen LogP contribution in [0, 0.1) is 6.92 Å². The fourth-order valence-electron chi connectivity index (χ4n) is 3.53. The average molecular weight is 476 g/mol. The number of benzene rings is 2. The molecule has 8 nitrogen and oxygen atoms in total. The fourth-order valence-corrected chi connectivity index (χ4v) is 4.39. The van der Waals surface area contributed by atoms with Crippen LogP contribution >= 0.6 is 0 Å². The van der Waals surface area contributed by atoms with Gasteiger partial charge < -0.3 is 15.0 Å². The van der Waals surface area contributed by atoms with Crippen LogP contribution in [0.4, 0.5) is 5.69 Å². The predicted octanol–water partition coefficient (Wildman–Crippen LogP) is 2.71. The van der Waals surface area contributed by atoms with Gasteiger partial charge in [-0.05, 0) is 38.0 Å². The molecule has 2 amide bonds. The Balaban J connectivity index is 2.46. The van der Waals surface area contributed by atoms with Gasteiger partial charge in [0.25, 0.3) is 0 Å². The lowest BCUT2D eigenvalue weighted by molar-refractivity contribution is -0.140. The minimum atomic E-state index is -3.82. The van der Waals surface area contributed by atoms with E-state index in [0.29, 0.717) is 18.7 Å². The summed E-state index contributed by atoms with van der Waals surface area (Å²) in [4.78, 5) is 27.8. The van der Waals surface area contributed by atoms with Crippen LogP contribution in [0.1, 0.15) is 31.4 Å². The van der Waals surface area contributed by atoms with Crippen LogP contribution in [0.15, 0.2) is 48.5 Å². The standard InChI is InChI=1S/C24H33N3O5S/c1-6-20(24(29)25-7-2)26(16-19-14-12-18(3)13-15-19)23(28)17-27(33(5,30)31)21-10-8-9-11-22(21)32-4/h8-15,20H,6-7,16-17H2,1-5H3,(H,25,29). The molecular weight excluding hydrogens is 442 g/mol. The molecule has 33 heavy (non-hydrogen) atoms. The molecule has 0 bridgehead atoms. The molecule has 0 aliphatic rings. The number of rotatable bonds is 11. The van der Waals surface area contributed by atoms with Gasteiger partial charge in [0.05, 0.1) is 19.1 Å². The number of amides is 2. The first-order chi connectivity index (χ1) is 15.6. The second kappa shape index (κ2) is 11.7. The number of nitrogens with zero attached hydrogens (tertiary/aromatic N) is 2. The number of anilines is 1. The quantitative estimate of drug-likeness (QED) is 0.539. The third kappa shape index (κ3) is 6.95. The Morgan fingerprint density at radius 2 is 1.70 bits per heavy atom. The third-order valence-corrected chi connectivity index (χ3v) is 6.37. The molecule has 0 aliphatic carbocycles. The van der Waals surface area contributed by atoms with Crippen LogP contribution in [0.5, 0.6) is 5.75 Å². The zero-order valence-electron chi connectivity index (χ0n) is 19.9. The summed E-state index contributed by atoms with van der Waals surface area (Å²) in [6.45, 7) is 5.75. The molecule has 0 aromatic heterocycles. The number of aryl methyl sites for hydroxylation is 1.